The summed E-state index contributed by atoms with van der Waals surface area (Å²) in [6.45, 7) is 5.34. The molecule has 0 spiro atoms. The van der Waals surface area contributed by atoms with Crippen molar-refractivity contribution in [3.63, 3.8) is 0 Å². The fraction of sp³-hybridized carbons (Fsp3) is 0.875. The fourth-order valence-electron chi connectivity index (χ4n) is 0.689. The van der Waals surface area contributed by atoms with E-state index in [0.717, 1.165) is 0 Å². The molecule has 78 valence electrons. The van der Waals surface area contributed by atoms with Crippen molar-refractivity contribution in [2.24, 2.45) is 0 Å². The van der Waals surface area contributed by atoms with Gasteiger partial charge in [-0.05, 0) is 13.8 Å². The van der Waals surface area contributed by atoms with Crippen molar-refractivity contribution < 1.29 is 24.1 Å². The average molecular weight is 192 g/mol. The van der Waals surface area contributed by atoms with Crippen LogP contribution in [0.2, 0.25) is 0 Å². The quantitative estimate of drug-likeness (QED) is 0.483. The monoisotopic (exact) mass is 192 g/mol. The van der Waals surface area contributed by atoms with Gasteiger partial charge in [0.1, 0.15) is 6.61 Å². The van der Waals surface area contributed by atoms with Gasteiger partial charge in [-0.1, -0.05) is 0 Å². The minimum atomic E-state index is -1.28. The molecule has 0 fully saturated rings. The van der Waals surface area contributed by atoms with Crippen molar-refractivity contribution in [1.29, 1.82) is 0 Å². The molecule has 0 aliphatic carbocycles. The molecule has 0 heterocycles. The lowest BCUT2D eigenvalue weighted by atomic mass is 10.4. The summed E-state index contributed by atoms with van der Waals surface area (Å²) in [5, 5.41) is 8.17. The molecule has 13 heavy (non-hydrogen) atoms. The van der Waals surface area contributed by atoms with Gasteiger partial charge in [0.25, 0.3) is 0 Å². The average Bonchev–Trinajstić information content (AvgIpc) is 2.09. The summed E-state index contributed by atoms with van der Waals surface area (Å²) >= 11 is 0. The van der Waals surface area contributed by atoms with Crippen LogP contribution in [0, 0.1) is 0 Å². The van der Waals surface area contributed by atoms with E-state index in [9.17, 15) is 4.79 Å². The van der Waals surface area contributed by atoms with Crippen molar-refractivity contribution in [1.82, 2.24) is 0 Å². The molecule has 0 aromatic heterocycles. The van der Waals surface area contributed by atoms with E-state index in [2.05, 4.69) is 4.74 Å². The van der Waals surface area contributed by atoms with Gasteiger partial charge in [0.15, 0.2) is 0 Å². The number of hydrogen-bond acceptors (Lipinski definition) is 4. The summed E-state index contributed by atoms with van der Waals surface area (Å²) in [7, 11) is 0. The number of rotatable bonds is 7. The first-order chi connectivity index (χ1) is 6.16. The molecule has 0 aromatic rings. The molecule has 5 heteroatoms. The SMILES string of the molecule is CCOCCOC(C)COC(=O)O. The van der Waals surface area contributed by atoms with Crippen molar-refractivity contribution in [3.8, 4) is 0 Å². The molecule has 0 bridgehead atoms. The molecule has 0 radical (unpaired) electrons. The van der Waals surface area contributed by atoms with Crippen molar-refractivity contribution in [2.75, 3.05) is 26.4 Å². The largest absolute Gasteiger partial charge is 0.505 e. The second-order valence-electron chi connectivity index (χ2n) is 2.46. The molecule has 1 N–H and O–H groups in total. The Labute approximate surface area is 77.6 Å². The van der Waals surface area contributed by atoms with Crippen LogP contribution in [-0.2, 0) is 14.2 Å². The van der Waals surface area contributed by atoms with E-state index in [0.29, 0.717) is 19.8 Å². The van der Waals surface area contributed by atoms with Gasteiger partial charge in [0.2, 0.25) is 0 Å². The van der Waals surface area contributed by atoms with Crippen LogP contribution in [0.15, 0.2) is 0 Å². The van der Waals surface area contributed by atoms with E-state index in [1.54, 1.807) is 6.92 Å². The van der Waals surface area contributed by atoms with E-state index < -0.39 is 6.16 Å². The number of carboxylic acid groups (broad SMARTS) is 1. The highest BCUT2D eigenvalue weighted by molar-refractivity contribution is 5.56. The van der Waals surface area contributed by atoms with Gasteiger partial charge in [-0.25, -0.2) is 4.79 Å². The van der Waals surface area contributed by atoms with Gasteiger partial charge >= 0.3 is 6.16 Å². The van der Waals surface area contributed by atoms with E-state index >= 15 is 0 Å². The maximum absolute atomic E-state index is 9.98. The Balaban J connectivity index is 3.19. The lowest BCUT2D eigenvalue weighted by Crippen LogP contribution is -2.20. The zero-order valence-electron chi connectivity index (χ0n) is 7.99. The molecule has 0 saturated heterocycles. The summed E-state index contributed by atoms with van der Waals surface area (Å²) in [6, 6.07) is 0. The van der Waals surface area contributed by atoms with Crippen LogP contribution in [0.1, 0.15) is 13.8 Å². The maximum Gasteiger partial charge on any atom is 0.505 e. The minimum Gasteiger partial charge on any atom is -0.450 e. The third-order valence-corrected chi connectivity index (χ3v) is 1.28. The zero-order chi connectivity index (χ0) is 10.1. The topological polar surface area (TPSA) is 65.0 Å². The standard InChI is InChI=1S/C8H16O5/c1-3-11-4-5-12-7(2)6-13-8(9)10/h7H,3-6H2,1-2H3,(H,9,10). The maximum atomic E-state index is 9.98. The van der Waals surface area contributed by atoms with Crippen molar-refractivity contribution in [3.05, 3.63) is 0 Å². The summed E-state index contributed by atoms with van der Waals surface area (Å²) in [5.41, 5.74) is 0. The van der Waals surface area contributed by atoms with Gasteiger partial charge < -0.3 is 19.3 Å². The van der Waals surface area contributed by atoms with Crippen LogP contribution in [0.5, 0.6) is 0 Å². The molecule has 1 unspecified atom stereocenters. The first-order valence-electron chi connectivity index (χ1n) is 4.21. The highest BCUT2D eigenvalue weighted by atomic mass is 16.7. The second kappa shape index (κ2) is 7.82. The number of carbonyl (C=O) groups is 1. The predicted octanol–water partition coefficient (Wildman–Crippen LogP) is 1.12. The zero-order valence-corrected chi connectivity index (χ0v) is 7.99. The Hall–Kier alpha value is -0.810. The van der Waals surface area contributed by atoms with Crippen LogP contribution in [-0.4, -0.2) is 43.8 Å². The number of hydrogen-bond donors (Lipinski definition) is 1. The summed E-state index contributed by atoms with van der Waals surface area (Å²) in [5.74, 6) is 0. The normalized spacial score (nSPS) is 12.5. The van der Waals surface area contributed by atoms with Crippen molar-refractivity contribution >= 4 is 6.16 Å². The lowest BCUT2D eigenvalue weighted by Gasteiger charge is -2.11. The Kier molecular flexibility index (Phi) is 7.33. The Bertz CT molecular complexity index is 136. The molecular weight excluding hydrogens is 176 g/mol. The van der Waals surface area contributed by atoms with E-state index in [-0.39, 0.29) is 12.7 Å². The smallest absolute Gasteiger partial charge is 0.450 e. The second-order valence-corrected chi connectivity index (χ2v) is 2.46. The Morgan fingerprint density at radius 1 is 1.46 bits per heavy atom. The van der Waals surface area contributed by atoms with Crippen LogP contribution >= 0.6 is 0 Å². The van der Waals surface area contributed by atoms with Crippen LogP contribution in [0.3, 0.4) is 0 Å². The van der Waals surface area contributed by atoms with Crippen molar-refractivity contribution in [2.45, 2.75) is 20.0 Å². The molecule has 0 aliphatic heterocycles. The van der Waals surface area contributed by atoms with Crippen LogP contribution < -0.4 is 0 Å². The van der Waals surface area contributed by atoms with Gasteiger partial charge in [0.05, 0.1) is 19.3 Å². The summed E-state index contributed by atoms with van der Waals surface area (Å²) < 4.78 is 14.5. The van der Waals surface area contributed by atoms with Gasteiger partial charge in [-0.3, -0.25) is 0 Å². The molecule has 0 amide bonds. The number of ether oxygens (including phenoxy) is 3. The van der Waals surface area contributed by atoms with E-state index in [4.69, 9.17) is 14.6 Å². The fourth-order valence-corrected chi connectivity index (χ4v) is 0.689. The molecule has 0 aliphatic rings. The Morgan fingerprint density at radius 3 is 2.69 bits per heavy atom. The molecule has 1 atom stereocenters. The third kappa shape index (κ3) is 9.10. The van der Waals surface area contributed by atoms with Crippen LogP contribution in [0.25, 0.3) is 0 Å². The predicted molar refractivity (Wildman–Crippen MR) is 45.9 cm³/mol. The lowest BCUT2D eigenvalue weighted by molar-refractivity contribution is -0.0205. The Morgan fingerprint density at radius 2 is 2.15 bits per heavy atom. The summed E-state index contributed by atoms with van der Waals surface area (Å²) in [6.07, 6.45) is -1.50. The van der Waals surface area contributed by atoms with Gasteiger partial charge in [0, 0.05) is 6.61 Å². The minimum absolute atomic E-state index is 0.0570. The van der Waals surface area contributed by atoms with E-state index in [1.165, 1.54) is 0 Å². The highest BCUT2D eigenvalue weighted by Crippen LogP contribution is 1.92. The molecule has 5 nitrogen and oxygen atoms in total. The summed E-state index contributed by atoms with van der Waals surface area (Å²) in [4.78, 5) is 9.98. The molecule has 0 saturated carbocycles. The first-order valence-corrected chi connectivity index (χ1v) is 4.21. The van der Waals surface area contributed by atoms with Crippen LogP contribution in [0.4, 0.5) is 4.79 Å². The molecule has 0 rings (SSSR count). The first kappa shape index (κ1) is 12.2. The molecule has 0 aromatic carbocycles. The molecular formula is C8H16O5. The third-order valence-electron chi connectivity index (χ3n) is 1.28. The van der Waals surface area contributed by atoms with E-state index in [1.807, 2.05) is 6.92 Å². The van der Waals surface area contributed by atoms with Gasteiger partial charge in [-0.2, -0.15) is 0 Å². The highest BCUT2D eigenvalue weighted by Gasteiger charge is 2.04. The van der Waals surface area contributed by atoms with Gasteiger partial charge in [-0.15, -0.1) is 0 Å².